The molecule has 2 aromatic rings. The van der Waals surface area contributed by atoms with Crippen molar-refractivity contribution in [1.82, 2.24) is 14.8 Å². The molecule has 2 saturated heterocycles. The van der Waals surface area contributed by atoms with E-state index in [4.69, 9.17) is 10.5 Å². The van der Waals surface area contributed by atoms with E-state index in [2.05, 4.69) is 20.3 Å². The van der Waals surface area contributed by atoms with E-state index in [9.17, 15) is 4.79 Å². The normalized spacial score (nSPS) is 20.4. The second-order valence-electron chi connectivity index (χ2n) is 7.14. The number of nitrogens with zero attached hydrogens (tertiary/aromatic N) is 4. The Hall–Kier alpha value is -2.61. The SMILES string of the molecule is Nc1cn(C2CCCCO2)nc1C(=O)Nc1ccc(N2CCCCC2)nc1. The Morgan fingerprint density at radius 2 is 2.04 bits per heavy atom. The summed E-state index contributed by atoms with van der Waals surface area (Å²) < 4.78 is 7.35. The smallest absolute Gasteiger partial charge is 0.278 e. The van der Waals surface area contributed by atoms with Gasteiger partial charge in [0.25, 0.3) is 5.91 Å². The van der Waals surface area contributed by atoms with Crippen LogP contribution in [0.25, 0.3) is 0 Å². The lowest BCUT2D eigenvalue weighted by molar-refractivity contribution is -0.0395. The molecule has 2 aliphatic rings. The standard InChI is InChI=1S/C19H26N6O2/c20-15-13-25(17-6-2-5-11-27-17)23-18(15)19(26)22-14-7-8-16(21-12-14)24-9-3-1-4-10-24/h7-8,12-13,17H,1-6,9-11,20H2,(H,22,26). The van der Waals surface area contributed by atoms with E-state index < -0.39 is 0 Å². The second-order valence-corrected chi connectivity index (χ2v) is 7.14. The van der Waals surface area contributed by atoms with Crippen molar-refractivity contribution in [3.63, 3.8) is 0 Å². The number of nitrogens with two attached hydrogens (primary N) is 1. The number of hydrogen-bond acceptors (Lipinski definition) is 6. The van der Waals surface area contributed by atoms with Crippen LogP contribution in [0.1, 0.15) is 55.2 Å². The van der Waals surface area contributed by atoms with Gasteiger partial charge in [0.2, 0.25) is 0 Å². The first kappa shape index (κ1) is 17.8. The molecular weight excluding hydrogens is 344 g/mol. The number of ether oxygens (including phenoxy) is 1. The summed E-state index contributed by atoms with van der Waals surface area (Å²) in [6.07, 6.45) is 9.91. The van der Waals surface area contributed by atoms with Gasteiger partial charge in [-0.25, -0.2) is 9.67 Å². The van der Waals surface area contributed by atoms with Crippen LogP contribution in [0.15, 0.2) is 24.5 Å². The van der Waals surface area contributed by atoms with Crippen molar-refractivity contribution >= 4 is 23.1 Å². The number of carbonyl (C=O) groups excluding carboxylic acids is 1. The Labute approximate surface area is 158 Å². The summed E-state index contributed by atoms with van der Waals surface area (Å²) in [5.41, 5.74) is 7.19. The van der Waals surface area contributed by atoms with Crippen molar-refractivity contribution in [1.29, 1.82) is 0 Å². The molecule has 1 unspecified atom stereocenters. The highest BCUT2D eigenvalue weighted by Gasteiger charge is 2.21. The van der Waals surface area contributed by atoms with Crippen molar-refractivity contribution in [2.45, 2.75) is 44.8 Å². The van der Waals surface area contributed by atoms with Crippen LogP contribution in [0.2, 0.25) is 0 Å². The Morgan fingerprint density at radius 1 is 1.19 bits per heavy atom. The topological polar surface area (TPSA) is 98.3 Å². The van der Waals surface area contributed by atoms with Crippen LogP contribution < -0.4 is 16.0 Å². The number of anilines is 3. The van der Waals surface area contributed by atoms with Gasteiger partial charge in [0.1, 0.15) is 12.0 Å². The molecule has 1 atom stereocenters. The van der Waals surface area contributed by atoms with Gasteiger partial charge in [-0.3, -0.25) is 4.79 Å². The molecule has 0 aromatic carbocycles. The first-order valence-electron chi connectivity index (χ1n) is 9.69. The lowest BCUT2D eigenvalue weighted by Crippen LogP contribution is -2.30. The minimum Gasteiger partial charge on any atom is -0.396 e. The number of hydrogen-bond donors (Lipinski definition) is 2. The minimum atomic E-state index is -0.338. The van der Waals surface area contributed by atoms with Crippen LogP contribution in [-0.4, -0.2) is 40.4 Å². The van der Waals surface area contributed by atoms with Crippen molar-refractivity contribution in [2.75, 3.05) is 35.6 Å². The van der Waals surface area contributed by atoms with Crippen LogP contribution in [0.5, 0.6) is 0 Å². The number of rotatable bonds is 4. The van der Waals surface area contributed by atoms with Crippen LogP contribution in [-0.2, 0) is 4.74 Å². The summed E-state index contributed by atoms with van der Waals surface area (Å²) in [7, 11) is 0. The fourth-order valence-corrected chi connectivity index (χ4v) is 3.62. The van der Waals surface area contributed by atoms with Gasteiger partial charge in [-0.15, -0.1) is 0 Å². The van der Waals surface area contributed by atoms with Crippen molar-refractivity contribution in [3.05, 3.63) is 30.2 Å². The first-order chi connectivity index (χ1) is 13.2. The lowest BCUT2D eigenvalue weighted by Gasteiger charge is -2.27. The van der Waals surface area contributed by atoms with Crippen molar-refractivity contribution < 1.29 is 9.53 Å². The van der Waals surface area contributed by atoms with E-state index in [1.54, 1.807) is 17.1 Å². The summed E-state index contributed by atoms with van der Waals surface area (Å²) in [5.74, 6) is 0.612. The van der Waals surface area contributed by atoms with Crippen LogP contribution in [0.3, 0.4) is 0 Å². The quantitative estimate of drug-likeness (QED) is 0.859. The molecule has 2 aliphatic heterocycles. The third kappa shape index (κ3) is 4.05. The van der Waals surface area contributed by atoms with Gasteiger partial charge in [-0.1, -0.05) is 0 Å². The van der Waals surface area contributed by atoms with E-state index in [1.165, 1.54) is 19.3 Å². The van der Waals surface area contributed by atoms with Gasteiger partial charge in [0.05, 0.1) is 23.8 Å². The maximum atomic E-state index is 12.6. The minimum absolute atomic E-state index is 0.145. The summed E-state index contributed by atoms with van der Waals surface area (Å²) in [6.45, 7) is 2.78. The van der Waals surface area contributed by atoms with Crippen molar-refractivity contribution in [3.8, 4) is 0 Å². The van der Waals surface area contributed by atoms with Gasteiger partial charge in [0.15, 0.2) is 5.69 Å². The predicted molar refractivity (Wildman–Crippen MR) is 104 cm³/mol. The molecular formula is C19H26N6O2. The molecule has 0 saturated carbocycles. The Morgan fingerprint density at radius 3 is 2.74 bits per heavy atom. The molecule has 2 fully saturated rings. The molecule has 0 radical (unpaired) electrons. The number of nitrogens with one attached hydrogen (secondary N) is 1. The van der Waals surface area contributed by atoms with Crippen LogP contribution in [0.4, 0.5) is 17.2 Å². The van der Waals surface area contributed by atoms with E-state index in [-0.39, 0.29) is 17.8 Å². The molecule has 1 amide bonds. The maximum absolute atomic E-state index is 12.6. The number of piperidine rings is 1. The lowest BCUT2D eigenvalue weighted by atomic mass is 10.1. The van der Waals surface area contributed by atoms with E-state index in [0.29, 0.717) is 18.0 Å². The zero-order chi connectivity index (χ0) is 18.6. The monoisotopic (exact) mass is 370 g/mol. The highest BCUT2D eigenvalue weighted by Crippen LogP contribution is 2.24. The molecule has 0 bridgehead atoms. The fourth-order valence-electron chi connectivity index (χ4n) is 3.62. The molecule has 3 N–H and O–H groups in total. The summed E-state index contributed by atoms with van der Waals surface area (Å²) in [5, 5.41) is 7.18. The van der Waals surface area contributed by atoms with Crippen LogP contribution in [0, 0.1) is 0 Å². The highest BCUT2D eigenvalue weighted by molar-refractivity contribution is 6.06. The summed E-state index contributed by atoms with van der Waals surface area (Å²) >= 11 is 0. The van der Waals surface area contributed by atoms with Gasteiger partial charge < -0.3 is 20.7 Å². The average molecular weight is 370 g/mol. The summed E-state index contributed by atoms with van der Waals surface area (Å²) in [6, 6.07) is 3.81. The largest absolute Gasteiger partial charge is 0.396 e. The van der Waals surface area contributed by atoms with E-state index in [0.717, 1.165) is 38.2 Å². The van der Waals surface area contributed by atoms with Gasteiger partial charge >= 0.3 is 0 Å². The second kappa shape index (κ2) is 7.96. The molecule has 0 aliphatic carbocycles. The molecule has 4 rings (SSSR count). The zero-order valence-corrected chi connectivity index (χ0v) is 15.4. The fraction of sp³-hybridized carbons (Fsp3) is 0.526. The zero-order valence-electron chi connectivity index (χ0n) is 15.4. The number of carbonyl (C=O) groups is 1. The number of nitrogen functional groups attached to an aromatic ring is 1. The highest BCUT2D eigenvalue weighted by atomic mass is 16.5. The van der Waals surface area contributed by atoms with Gasteiger partial charge in [-0.2, -0.15) is 5.10 Å². The third-order valence-corrected chi connectivity index (χ3v) is 5.11. The van der Waals surface area contributed by atoms with Gasteiger partial charge in [-0.05, 0) is 50.7 Å². The summed E-state index contributed by atoms with van der Waals surface area (Å²) in [4.78, 5) is 19.3. The molecule has 27 heavy (non-hydrogen) atoms. The first-order valence-corrected chi connectivity index (χ1v) is 9.69. The number of aromatic nitrogens is 3. The molecule has 0 spiro atoms. The number of pyridine rings is 1. The molecule has 8 nitrogen and oxygen atoms in total. The third-order valence-electron chi connectivity index (χ3n) is 5.11. The Balaban J connectivity index is 1.42. The van der Waals surface area contributed by atoms with Gasteiger partial charge in [0, 0.05) is 19.7 Å². The molecule has 144 valence electrons. The van der Waals surface area contributed by atoms with Crippen LogP contribution >= 0.6 is 0 Å². The maximum Gasteiger partial charge on any atom is 0.278 e. The molecule has 2 aromatic heterocycles. The van der Waals surface area contributed by atoms with E-state index in [1.807, 2.05) is 12.1 Å². The Kier molecular flexibility index (Phi) is 5.24. The Bertz CT molecular complexity index is 776. The predicted octanol–water partition coefficient (Wildman–Crippen LogP) is 2.80. The van der Waals surface area contributed by atoms with E-state index >= 15 is 0 Å². The van der Waals surface area contributed by atoms with Crippen molar-refractivity contribution in [2.24, 2.45) is 0 Å². The average Bonchev–Trinajstić information content (AvgIpc) is 3.12. The number of amides is 1. The molecule has 8 heteroatoms. The molecule has 4 heterocycles.